The number of aromatic nitrogens is 1. The topological polar surface area (TPSA) is 59.4 Å². The highest BCUT2D eigenvalue weighted by atomic mass is 32.2. The number of aliphatic hydroxyl groups excluding tert-OH is 1. The van der Waals surface area contributed by atoms with Crippen molar-refractivity contribution in [2.24, 2.45) is 5.92 Å². The van der Waals surface area contributed by atoms with Gasteiger partial charge in [0.2, 0.25) is 5.88 Å². The molecule has 0 atom stereocenters. The van der Waals surface area contributed by atoms with Crippen LogP contribution in [0.15, 0.2) is 41.4 Å². The number of rotatable bonds is 6. The van der Waals surface area contributed by atoms with E-state index in [-0.39, 0.29) is 17.2 Å². The summed E-state index contributed by atoms with van der Waals surface area (Å²) in [4.78, 5) is 16.3. The Labute approximate surface area is 190 Å². The molecule has 0 unspecified atom stereocenters. The van der Waals surface area contributed by atoms with Crippen LogP contribution in [0.4, 0.5) is 4.39 Å². The fourth-order valence-electron chi connectivity index (χ4n) is 2.91. The van der Waals surface area contributed by atoms with Gasteiger partial charge in [0.1, 0.15) is 11.6 Å². The van der Waals surface area contributed by atoms with Crippen LogP contribution in [0.3, 0.4) is 0 Å². The Morgan fingerprint density at radius 1 is 1.19 bits per heavy atom. The molecule has 4 nitrogen and oxygen atoms in total. The second kappa shape index (κ2) is 15.8. The fraction of sp³-hybridized carbons (Fsp3) is 0.520. The minimum atomic E-state index is -0.560. The van der Waals surface area contributed by atoms with Gasteiger partial charge in [0.25, 0.3) is 0 Å². The number of hydrogen-bond acceptors (Lipinski definition) is 5. The highest BCUT2D eigenvalue weighted by molar-refractivity contribution is 7.98. The van der Waals surface area contributed by atoms with Crippen molar-refractivity contribution in [2.45, 2.75) is 70.6 Å². The maximum atomic E-state index is 13.1. The van der Waals surface area contributed by atoms with Crippen LogP contribution in [-0.4, -0.2) is 28.7 Å². The van der Waals surface area contributed by atoms with E-state index in [0.717, 1.165) is 17.2 Å². The van der Waals surface area contributed by atoms with E-state index < -0.39 is 5.82 Å². The number of nitrogens with zero attached hydrogens (tertiary/aromatic N) is 1. The molecule has 1 aliphatic rings. The molecule has 1 N–H and O–H groups in total. The number of carbonyl (C=O) groups is 1. The van der Waals surface area contributed by atoms with E-state index in [2.05, 4.69) is 18.8 Å². The number of ketones is 1. The number of aliphatic hydroxyl groups is 1. The van der Waals surface area contributed by atoms with Crippen LogP contribution in [0.25, 0.3) is 0 Å². The third-order valence-corrected chi connectivity index (χ3v) is 5.66. The maximum Gasteiger partial charge on any atom is 0.230 e. The van der Waals surface area contributed by atoms with Crippen LogP contribution in [0.2, 0.25) is 0 Å². The Morgan fingerprint density at radius 2 is 1.87 bits per heavy atom. The number of Topliss-reactive ketones (excluding diaryl/α,β-unsaturated/α-hetero) is 1. The summed E-state index contributed by atoms with van der Waals surface area (Å²) in [7, 11) is 0. The lowest BCUT2D eigenvalue weighted by atomic mass is 9.90. The molecular formula is C25H36FNO3S. The van der Waals surface area contributed by atoms with E-state index in [1.165, 1.54) is 51.9 Å². The van der Waals surface area contributed by atoms with Gasteiger partial charge in [-0.25, -0.2) is 9.37 Å². The Bertz CT molecular complexity index is 777. The number of hydrogen-bond donors (Lipinski definition) is 1. The Balaban J connectivity index is 0.000000329. The van der Waals surface area contributed by atoms with Gasteiger partial charge in [-0.05, 0) is 56.2 Å². The largest absolute Gasteiger partial charge is 0.438 e. The van der Waals surface area contributed by atoms with E-state index in [0.29, 0.717) is 18.3 Å². The number of thioether (sulfide) groups is 1. The van der Waals surface area contributed by atoms with Crippen LogP contribution < -0.4 is 4.74 Å². The van der Waals surface area contributed by atoms with Crippen LogP contribution in [0.1, 0.15) is 76.1 Å². The summed E-state index contributed by atoms with van der Waals surface area (Å²) >= 11 is 1.58. The molecule has 0 radical (unpaired) electrons. The SMILES string of the molecule is CCCC.CSc1cccc(Oc2ncc(F)cc2C(C)=O)c1.OCC1CCCCC1. The first-order valence-electron chi connectivity index (χ1n) is 11.0. The van der Waals surface area contributed by atoms with Crippen molar-refractivity contribution in [2.75, 3.05) is 12.9 Å². The molecule has 2 aromatic rings. The molecule has 0 amide bonds. The molecule has 0 aliphatic heterocycles. The summed E-state index contributed by atoms with van der Waals surface area (Å²) in [6.07, 6.45) is 12.2. The van der Waals surface area contributed by atoms with Gasteiger partial charge < -0.3 is 9.84 Å². The van der Waals surface area contributed by atoms with Crippen molar-refractivity contribution in [1.82, 2.24) is 4.98 Å². The minimum absolute atomic E-state index is 0.118. The van der Waals surface area contributed by atoms with Crippen molar-refractivity contribution in [1.29, 1.82) is 0 Å². The van der Waals surface area contributed by atoms with Gasteiger partial charge >= 0.3 is 0 Å². The lowest BCUT2D eigenvalue weighted by Crippen LogP contribution is -2.09. The average molecular weight is 450 g/mol. The van der Waals surface area contributed by atoms with Crippen LogP contribution in [-0.2, 0) is 0 Å². The van der Waals surface area contributed by atoms with Crippen LogP contribution in [0, 0.1) is 11.7 Å². The summed E-state index contributed by atoms with van der Waals surface area (Å²) < 4.78 is 18.6. The van der Waals surface area contributed by atoms with Crippen LogP contribution >= 0.6 is 11.8 Å². The van der Waals surface area contributed by atoms with Crippen molar-refractivity contribution >= 4 is 17.5 Å². The van der Waals surface area contributed by atoms with Gasteiger partial charge in [0, 0.05) is 11.5 Å². The Morgan fingerprint density at radius 3 is 2.39 bits per heavy atom. The lowest BCUT2D eigenvalue weighted by molar-refractivity contribution is 0.101. The molecule has 1 aliphatic carbocycles. The quantitative estimate of drug-likeness (QED) is 0.370. The van der Waals surface area contributed by atoms with Crippen molar-refractivity contribution in [3.05, 3.63) is 47.9 Å². The maximum absolute atomic E-state index is 13.1. The number of unbranched alkanes of at least 4 members (excludes halogenated alkanes) is 1. The molecule has 31 heavy (non-hydrogen) atoms. The normalized spacial score (nSPS) is 13.4. The molecule has 3 rings (SSSR count). The summed E-state index contributed by atoms with van der Waals surface area (Å²) in [6, 6.07) is 8.51. The monoisotopic (exact) mass is 449 g/mol. The molecule has 1 saturated carbocycles. The number of pyridine rings is 1. The third-order valence-electron chi connectivity index (χ3n) is 4.94. The zero-order chi connectivity index (χ0) is 23.1. The minimum Gasteiger partial charge on any atom is -0.438 e. The van der Waals surface area contributed by atoms with E-state index in [1.54, 1.807) is 17.8 Å². The first kappa shape index (κ1) is 27.1. The average Bonchev–Trinajstić information content (AvgIpc) is 2.81. The predicted octanol–water partition coefficient (Wildman–Crippen LogP) is 7.30. The molecule has 6 heteroatoms. The van der Waals surface area contributed by atoms with E-state index in [9.17, 15) is 9.18 Å². The van der Waals surface area contributed by atoms with Gasteiger partial charge in [-0.15, -0.1) is 11.8 Å². The Hall–Kier alpha value is -1.92. The molecule has 0 bridgehead atoms. The van der Waals surface area contributed by atoms with Gasteiger partial charge in [0.15, 0.2) is 5.78 Å². The van der Waals surface area contributed by atoms with Crippen molar-refractivity contribution in [3.8, 4) is 11.6 Å². The van der Waals surface area contributed by atoms with Gasteiger partial charge in [-0.1, -0.05) is 52.0 Å². The number of benzene rings is 1. The zero-order valence-electron chi connectivity index (χ0n) is 19.2. The number of carbonyl (C=O) groups excluding carboxylic acids is 1. The summed E-state index contributed by atoms with van der Waals surface area (Å²) in [5, 5.41) is 8.69. The fourth-order valence-corrected chi connectivity index (χ4v) is 3.35. The van der Waals surface area contributed by atoms with Crippen molar-refractivity contribution in [3.63, 3.8) is 0 Å². The van der Waals surface area contributed by atoms with E-state index in [4.69, 9.17) is 9.84 Å². The smallest absolute Gasteiger partial charge is 0.230 e. The molecule has 1 fully saturated rings. The predicted molar refractivity (Wildman–Crippen MR) is 127 cm³/mol. The molecular weight excluding hydrogens is 413 g/mol. The molecule has 1 heterocycles. The van der Waals surface area contributed by atoms with E-state index in [1.807, 2.05) is 24.5 Å². The number of halogens is 1. The summed E-state index contributed by atoms with van der Waals surface area (Å²) in [5.74, 6) is 0.475. The second-order valence-electron chi connectivity index (χ2n) is 7.53. The molecule has 1 aromatic carbocycles. The lowest BCUT2D eigenvalue weighted by Gasteiger charge is -2.18. The number of ether oxygens (including phenoxy) is 1. The molecule has 0 saturated heterocycles. The van der Waals surface area contributed by atoms with E-state index >= 15 is 0 Å². The van der Waals surface area contributed by atoms with Crippen molar-refractivity contribution < 1.29 is 19.0 Å². The molecule has 172 valence electrons. The standard InChI is InChI=1S/C14H12FNO2S.C7H14O.C4H10/c1-9(17)13-6-10(15)8-16-14(13)18-11-4-3-5-12(7-11)19-2;8-6-7-4-2-1-3-5-7;1-3-4-2/h3-8H,1-2H3;7-8H,1-6H2;3-4H2,1-2H3. The Kier molecular flexibility index (Phi) is 13.8. The summed E-state index contributed by atoms with van der Waals surface area (Å²) in [6.45, 7) is 6.13. The zero-order valence-corrected chi connectivity index (χ0v) is 20.0. The molecule has 1 aromatic heterocycles. The van der Waals surface area contributed by atoms with Crippen LogP contribution in [0.5, 0.6) is 11.6 Å². The van der Waals surface area contributed by atoms with Gasteiger partial charge in [-0.2, -0.15) is 0 Å². The third kappa shape index (κ3) is 10.8. The first-order valence-corrected chi connectivity index (χ1v) is 12.3. The van der Waals surface area contributed by atoms with Gasteiger partial charge in [-0.3, -0.25) is 4.79 Å². The molecule has 0 spiro atoms. The first-order chi connectivity index (χ1) is 14.9. The second-order valence-corrected chi connectivity index (χ2v) is 8.41. The highest BCUT2D eigenvalue weighted by Gasteiger charge is 2.13. The highest BCUT2D eigenvalue weighted by Crippen LogP contribution is 2.27. The van der Waals surface area contributed by atoms with Gasteiger partial charge in [0.05, 0.1) is 11.8 Å². The summed E-state index contributed by atoms with van der Waals surface area (Å²) in [5.41, 5.74) is 0.134.